The normalized spacial score (nSPS) is 11.0. The van der Waals surface area contributed by atoms with E-state index in [9.17, 15) is 18.0 Å². The van der Waals surface area contributed by atoms with Crippen molar-refractivity contribution >= 4 is 11.6 Å². The maximum absolute atomic E-state index is 12.9. The van der Waals surface area contributed by atoms with Crippen LogP contribution in [0.3, 0.4) is 0 Å². The minimum Gasteiger partial charge on any atom is -0.479 e. The maximum Gasteiger partial charge on any atom is 0.417 e. The molecule has 0 saturated carbocycles. The number of aromatic nitrogens is 2. The Morgan fingerprint density at radius 1 is 1.17 bits per heavy atom. The second-order valence-corrected chi connectivity index (χ2v) is 4.28. The number of benzene rings is 1. The van der Waals surface area contributed by atoms with E-state index >= 15 is 0 Å². The number of alkyl halides is 3. The van der Waals surface area contributed by atoms with Gasteiger partial charge in [-0.2, -0.15) is 18.2 Å². The van der Waals surface area contributed by atoms with Gasteiger partial charge in [0.2, 0.25) is 5.88 Å². The number of halogens is 3. The summed E-state index contributed by atoms with van der Waals surface area (Å²) in [6, 6.07) is 4.45. The second-order valence-electron chi connectivity index (χ2n) is 4.28. The standard InChI is InChI=1S/C14H12F3N3O3/c1-22-12-10(7-18-13(20-12)23-2)19-11(21)8-5-3-4-6-9(8)14(15,16)17/h3-7H,1-2H3,(H,19,21). The lowest BCUT2D eigenvalue weighted by Crippen LogP contribution is -2.19. The average Bonchev–Trinajstić information content (AvgIpc) is 2.54. The highest BCUT2D eigenvalue weighted by atomic mass is 19.4. The van der Waals surface area contributed by atoms with Gasteiger partial charge in [-0.3, -0.25) is 4.79 Å². The molecule has 1 aromatic carbocycles. The first-order valence-electron chi connectivity index (χ1n) is 6.29. The van der Waals surface area contributed by atoms with Crippen LogP contribution in [0, 0.1) is 0 Å². The van der Waals surface area contributed by atoms with E-state index in [1.165, 1.54) is 32.5 Å². The fraction of sp³-hybridized carbons (Fsp3) is 0.214. The van der Waals surface area contributed by atoms with Crippen LogP contribution < -0.4 is 14.8 Å². The Hall–Kier alpha value is -2.84. The lowest BCUT2D eigenvalue weighted by Gasteiger charge is -2.13. The van der Waals surface area contributed by atoms with Gasteiger partial charge in [0.25, 0.3) is 5.91 Å². The fourth-order valence-corrected chi connectivity index (χ4v) is 1.81. The molecule has 9 heteroatoms. The Morgan fingerprint density at radius 3 is 2.48 bits per heavy atom. The van der Waals surface area contributed by atoms with Crippen LogP contribution >= 0.6 is 0 Å². The predicted octanol–water partition coefficient (Wildman–Crippen LogP) is 2.76. The van der Waals surface area contributed by atoms with Crippen molar-refractivity contribution in [3.63, 3.8) is 0 Å². The largest absolute Gasteiger partial charge is 0.479 e. The van der Waals surface area contributed by atoms with Crippen molar-refractivity contribution in [1.82, 2.24) is 9.97 Å². The Kier molecular flexibility index (Phi) is 4.68. The first kappa shape index (κ1) is 16.5. The van der Waals surface area contributed by atoms with E-state index in [2.05, 4.69) is 15.3 Å². The van der Waals surface area contributed by atoms with Crippen LogP contribution in [0.15, 0.2) is 30.5 Å². The van der Waals surface area contributed by atoms with Crippen molar-refractivity contribution in [3.8, 4) is 11.9 Å². The van der Waals surface area contributed by atoms with E-state index in [1.807, 2.05) is 0 Å². The first-order valence-corrected chi connectivity index (χ1v) is 6.29. The number of nitrogens with one attached hydrogen (secondary N) is 1. The van der Waals surface area contributed by atoms with Crippen LogP contribution in [0.1, 0.15) is 15.9 Å². The molecule has 0 aliphatic rings. The van der Waals surface area contributed by atoms with Crippen molar-refractivity contribution in [1.29, 1.82) is 0 Å². The number of hydrogen-bond donors (Lipinski definition) is 1. The number of nitrogens with zero attached hydrogens (tertiary/aromatic N) is 2. The van der Waals surface area contributed by atoms with Crippen molar-refractivity contribution in [2.45, 2.75) is 6.18 Å². The molecular weight excluding hydrogens is 315 g/mol. The number of carbonyl (C=O) groups is 1. The van der Waals surface area contributed by atoms with Gasteiger partial charge in [0, 0.05) is 0 Å². The Bertz CT molecular complexity index is 720. The summed E-state index contributed by atoms with van der Waals surface area (Å²) in [6.45, 7) is 0. The highest BCUT2D eigenvalue weighted by Gasteiger charge is 2.35. The van der Waals surface area contributed by atoms with Gasteiger partial charge in [-0.25, -0.2) is 4.98 Å². The molecule has 0 fully saturated rings. The minimum absolute atomic E-state index is 0.00413. The van der Waals surface area contributed by atoms with Crippen molar-refractivity contribution in [2.24, 2.45) is 0 Å². The zero-order valence-corrected chi connectivity index (χ0v) is 12.1. The zero-order chi connectivity index (χ0) is 17.0. The molecule has 1 amide bonds. The van der Waals surface area contributed by atoms with Gasteiger partial charge in [0.05, 0.1) is 31.5 Å². The minimum atomic E-state index is -4.64. The molecule has 0 spiro atoms. The van der Waals surface area contributed by atoms with Crippen LogP contribution in [-0.4, -0.2) is 30.1 Å². The molecule has 1 N–H and O–H groups in total. The molecule has 0 aliphatic heterocycles. The Labute approximate surface area is 129 Å². The predicted molar refractivity (Wildman–Crippen MR) is 74.5 cm³/mol. The quantitative estimate of drug-likeness (QED) is 0.935. The number of rotatable bonds is 4. The monoisotopic (exact) mass is 327 g/mol. The molecule has 2 rings (SSSR count). The molecule has 122 valence electrons. The highest BCUT2D eigenvalue weighted by molar-refractivity contribution is 6.05. The van der Waals surface area contributed by atoms with Gasteiger partial charge < -0.3 is 14.8 Å². The first-order chi connectivity index (χ1) is 10.9. The van der Waals surface area contributed by atoms with Crippen LogP contribution in [0.5, 0.6) is 11.9 Å². The summed E-state index contributed by atoms with van der Waals surface area (Å²) in [5, 5.41) is 2.30. The Balaban J connectivity index is 2.34. The van der Waals surface area contributed by atoms with Crippen molar-refractivity contribution in [2.75, 3.05) is 19.5 Å². The van der Waals surface area contributed by atoms with Crippen molar-refractivity contribution in [3.05, 3.63) is 41.6 Å². The fourth-order valence-electron chi connectivity index (χ4n) is 1.81. The molecule has 0 saturated heterocycles. The van der Waals surface area contributed by atoms with Crippen LogP contribution in [0.25, 0.3) is 0 Å². The number of anilines is 1. The van der Waals surface area contributed by atoms with Gasteiger partial charge in [0.15, 0.2) is 0 Å². The van der Waals surface area contributed by atoms with Crippen LogP contribution in [0.4, 0.5) is 18.9 Å². The van der Waals surface area contributed by atoms with E-state index < -0.39 is 23.2 Å². The summed E-state index contributed by atoms with van der Waals surface area (Å²) in [5.74, 6) is -0.986. The summed E-state index contributed by atoms with van der Waals surface area (Å²) >= 11 is 0. The van der Waals surface area contributed by atoms with E-state index in [0.29, 0.717) is 0 Å². The number of ether oxygens (including phenoxy) is 2. The zero-order valence-electron chi connectivity index (χ0n) is 12.1. The topological polar surface area (TPSA) is 73.3 Å². The van der Waals surface area contributed by atoms with Crippen molar-refractivity contribution < 1.29 is 27.4 Å². The second kappa shape index (κ2) is 6.51. The number of amides is 1. The summed E-state index contributed by atoms with van der Waals surface area (Å²) < 4.78 is 48.6. The number of carbonyl (C=O) groups excluding carboxylic acids is 1. The van der Waals surface area contributed by atoms with E-state index in [4.69, 9.17) is 9.47 Å². The summed E-state index contributed by atoms with van der Waals surface area (Å²) in [5.41, 5.74) is -1.53. The molecular formula is C14H12F3N3O3. The van der Waals surface area contributed by atoms with Gasteiger partial charge in [-0.15, -0.1) is 0 Å². The third-order valence-corrected chi connectivity index (χ3v) is 2.83. The van der Waals surface area contributed by atoms with Crippen LogP contribution in [-0.2, 0) is 6.18 Å². The summed E-state index contributed by atoms with van der Waals surface area (Å²) in [7, 11) is 2.63. The smallest absolute Gasteiger partial charge is 0.417 e. The maximum atomic E-state index is 12.9. The highest BCUT2D eigenvalue weighted by Crippen LogP contribution is 2.32. The molecule has 0 aliphatic carbocycles. The molecule has 0 bridgehead atoms. The van der Waals surface area contributed by atoms with Gasteiger partial charge in [0.1, 0.15) is 5.69 Å². The molecule has 0 unspecified atom stereocenters. The molecule has 0 radical (unpaired) electrons. The molecule has 1 aromatic heterocycles. The molecule has 2 aromatic rings. The third kappa shape index (κ3) is 3.68. The Morgan fingerprint density at radius 2 is 1.87 bits per heavy atom. The van der Waals surface area contributed by atoms with Gasteiger partial charge >= 0.3 is 12.2 Å². The summed E-state index contributed by atoms with van der Waals surface area (Å²) in [4.78, 5) is 19.8. The number of hydrogen-bond acceptors (Lipinski definition) is 5. The molecule has 23 heavy (non-hydrogen) atoms. The molecule has 6 nitrogen and oxygen atoms in total. The SMILES string of the molecule is COc1ncc(NC(=O)c2ccccc2C(F)(F)F)c(OC)n1. The van der Waals surface area contributed by atoms with E-state index in [1.54, 1.807) is 0 Å². The average molecular weight is 327 g/mol. The van der Waals surface area contributed by atoms with Gasteiger partial charge in [-0.1, -0.05) is 12.1 Å². The summed E-state index contributed by atoms with van der Waals surface area (Å²) in [6.07, 6.45) is -3.47. The molecule has 0 atom stereocenters. The van der Waals surface area contributed by atoms with Crippen LogP contribution in [0.2, 0.25) is 0 Å². The lowest BCUT2D eigenvalue weighted by atomic mass is 10.1. The lowest BCUT2D eigenvalue weighted by molar-refractivity contribution is -0.137. The third-order valence-electron chi connectivity index (χ3n) is 2.83. The van der Waals surface area contributed by atoms with Gasteiger partial charge in [-0.05, 0) is 12.1 Å². The number of methoxy groups -OCH3 is 2. The van der Waals surface area contributed by atoms with E-state index in [0.717, 1.165) is 12.1 Å². The van der Waals surface area contributed by atoms with E-state index in [-0.39, 0.29) is 17.6 Å². The molecule has 1 heterocycles.